The van der Waals surface area contributed by atoms with Crippen LogP contribution in [0.4, 0.5) is 0 Å². The fourth-order valence-electron chi connectivity index (χ4n) is 0.300. The number of allylic oxidation sites excluding steroid dienone is 1. The van der Waals surface area contributed by atoms with E-state index in [1.807, 2.05) is 6.08 Å². The Bertz CT molecular complexity index is 53.1. The van der Waals surface area contributed by atoms with Crippen LogP contribution in [0.25, 0.3) is 0 Å². The summed E-state index contributed by atoms with van der Waals surface area (Å²) in [7, 11) is 0. The van der Waals surface area contributed by atoms with Crippen LogP contribution in [0.15, 0.2) is 17.0 Å². The third-order valence-electron chi connectivity index (χ3n) is 0.658. The zero-order valence-electron chi connectivity index (χ0n) is 4.26. The molecule has 2 heteroatoms. The van der Waals surface area contributed by atoms with Crippen molar-refractivity contribution in [1.82, 2.24) is 0 Å². The molecule has 0 N–H and O–H groups in total. The summed E-state index contributed by atoms with van der Waals surface area (Å²) in [5.41, 5.74) is 0. The highest BCUT2D eigenvalue weighted by Gasteiger charge is 1.75. The number of hydrogen-bond donors (Lipinski definition) is 0. The number of rotatable bonds is 4. The normalized spacial score (nSPS) is 8.00. The van der Waals surface area contributed by atoms with E-state index in [-0.39, 0.29) is 0 Å². The molecule has 0 amide bonds. The average Bonchev–Trinajstić information content (AvgIpc) is 1.69. The van der Waals surface area contributed by atoms with Gasteiger partial charge < -0.3 is 0 Å². The van der Waals surface area contributed by atoms with Crippen LogP contribution in [0.5, 0.6) is 0 Å². The van der Waals surface area contributed by atoms with E-state index in [0.29, 0.717) is 0 Å². The molecule has 0 fully saturated rings. The molecule has 0 aromatic rings. The fraction of sp³-hybridized carbons (Fsp3) is 0.600. The molecule has 0 aromatic carbocycles. The zero-order valence-corrected chi connectivity index (χ0v) is 5.08. The largest absolute Gasteiger partial charge is 0.220 e. The third-order valence-corrected chi connectivity index (χ3v) is 0.840. The standard InChI is InChI=1S/C5H9NS/c1-2-3-4-5-6-7/h2H,1,3-5H2. The van der Waals surface area contributed by atoms with Gasteiger partial charge in [0.2, 0.25) is 0 Å². The topological polar surface area (TPSA) is 12.4 Å². The number of nitrogens with zero attached hydrogens (tertiary/aromatic N) is 1. The van der Waals surface area contributed by atoms with Gasteiger partial charge in [-0.15, -0.1) is 6.58 Å². The minimum atomic E-state index is 0.793. The lowest BCUT2D eigenvalue weighted by Crippen LogP contribution is -1.73. The summed E-state index contributed by atoms with van der Waals surface area (Å²) < 4.78 is 3.51. The highest BCUT2D eigenvalue weighted by atomic mass is 32.1. The van der Waals surface area contributed by atoms with Gasteiger partial charge in [0.1, 0.15) is 0 Å². The highest BCUT2D eigenvalue weighted by Crippen LogP contribution is 1.87. The smallest absolute Gasteiger partial charge is 0.0523 e. The first kappa shape index (κ1) is 6.76. The fourth-order valence-corrected chi connectivity index (χ4v) is 0.429. The van der Waals surface area contributed by atoms with Crippen LogP contribution in [0.3, 0.4) is 0 Å². The number of hydrogen-bond acceptors (Lipinski definition) is 2. The predicted molar refractivity (Wildman–Crippen MR) is 34.1 cm³/mol. The van der Waals surface area contributed by atoms with Crippen LogP contribution < -0.4 is 0 Å². The van der Waals surface area contributed by atoms with Crippen molar-refractivity contribution in [1.29, 1.82) is 0 Å². The number of unbranched alkanes of at least 4 members (excludes halogenated alkanes) is 1. The minimum absolute atomic E-state index is 0.793. The summed E-state index contributed by atoms with van der Waals surface area (Å²) in [5.74, 6) is 0. The minimum Gasteiger partial charge on any atom is -0.220 e. The summed E-state index contributed by atoms with van der Waals surface area (Å²) in [6, 6.07) is 0. The molecule has 0 radical (unpaired) electrons. The maximum Gasteiger partial charge on any atom is 0.0523 e. The maximum atomic E-state index is 4.36. The highest BCUT2D eigenvalue weighted by molar-refractivity contribution is 7.47. The molecule has 0 saturated heterocycles. The van der Waals surface area contributed by atoms with E-state index in [0.717, 1.165) is 19.4 Å². The lowest BCUT2D eigenvalue weighted by atomic mass is 10.3. The Labute approximate surface area is 49.6 Å². The van der Waals surface area contributed by atoms with Crippen LogP contribution >= 0.6 is 0 Å². The quantitative estimate of drug-likeness (QED) is 0.401. The second kappa shape index (κ2) is 5.76. The average molecular weight is 115 g/mol. The van der Waals surface area contributed by atoms with E-state index in [4.69, 9.17) is 0 Å². The molecular formula is C5H9NS. The summed E-state index contributed by atoms with van der Waals surface area (Å²) in [6.07, 6.45) is 3.95. The van der Waals surface area contributed by atoms with E-state index in [2.05, 4.69) is 23.4 Å². The second-order valence-corrected chi connectivity index (χ2v) is 1.54. The molecule has 0 bridgehead atoms. The first-order chi connectivity index (χ1) is 3.41. The van der Waals surface area contributed by atoms with Crippen LogP contribution in [0.1, 0.15) is 12.8 Å². The molecule has 7 heavy (non-hydrogen) atoms. The monoisotopic (exact) mass is 115 g/mol. The van der Waals surface area contributed by atoms with Crippen molar-refractivity contribution in [3.05, 3.63) is 12.7 Å². The van der Waals surface area contributed by atoms with Crippen molar-refractivity contribution >= 4 is 12.4 Å². The van der Waals surface area contributed by atoms with Gasteiger partial charge in [-0.3, -0.25) is 0 Å². The van der Waals surface area contributed by atoms with Gasteiger partial charge in [0.05, 0.1) is 6.54 Å². The first-order valence-corrected chi connectivity index (χ1v) is 2.68. The Morgan fingerprint density at radius 3 is 2.86 bits per heavy atom. The van der Waals surface area contributed by atoms with Gasteiger partial charge in [0.15, 0.2) is 0 Å². The van der Waals surface area contributed by atoms with Crippen molar-refractivity contribution in [3.8, 4) is 0 Å². The van der Waals surface area contributed by atoms with Crippen LogP contribution in [0.2, 0.25) is 0 Å². The second-order valence-electron chi connectivity index (χ2n) is 1.28. The zero-order chi connectivity index (χ0) is 5.54. The van der Waals surface area contributed by atoms with Gasteiger partial charge in [-0.05, 0) is 12.8 Å². The van der Waals surface area contributed by atoms with Gasteiger partial charge in [-0.2, -0.15) is 0 Å². The van der Waals surface area contributed by atoms with Crippen LogP contribution in [-0.4, -0.2) is 6.54 Å². The molecule has 40 valence electrons. The van der Waals surface area contributed by atoms with Crippen LogP contribution in [0, 0.1) is 0 Å². The lowest BCUT2D eigenvalue weighted by Gasteiger charge is -1.82. The summed E-state index contributed by atoms with van der Waals surface area (Å²) >= 11 is 4.36. The Balaban J connectivity index is 2.68. The summed E-state index contributed by atoms with van der Waals surface area (Å²) in [4.78, 5) is 0. The van der Waals surface area contributed by atoms with E-state index in [1.165, 1.54) is 0 Å². The van der Waals surface area contributed by atoms with Crippen molar-refractivity contribution in [3.63, 3.8) is 0 Å². The molecule has 0 aromatic heterocycles. The molecule has 0 spiro atoms. The molecule has 0 saturated carbocycles. The summed E-state index contributed by atoms with van der Waals surface area (Å²) in [6.45, 7) is 4.35. The third kappa shape index (κ3) is 5.76. The van der Waals surface area contributed by atoms with Gasteiger partial charge >= 0.3 is 0 Å². The summed E-state index contributed by atoms with van der Waals surface area (Å²) in [5, 5.41) is 0. The van der Waals surface area contributed by atoms with Crippen molar-refractivity contribution in [2.24, 2.45) is 4.36 Å². The maximum absolute atomic E-state index is 4.36. The molecular weight excluding hydrogens is 106 g/mol. The van der Waals surface area contributed by atoms with Crippen molar-refractivity contribution < 1.29 is 0 Å². The van der Waals surface area contributed by atoms with Crippen molar-refractivity contribution in [2.75, 3.05) is 6.54 Å². The lowest BCUT2D eigenvalue weighted by molar-refractivity contribution is 0.867. The Morgan fingerprint density at radius 1 is 1.71 bits per heavy atom. The van der Waals surface area contributed by atoms with Gasteiger partial charge in [-0.1, -0.05) is 6.08 Å². The van der Waals surface area contributed by atoms with Crippen molar-refractivity contribution in [2.45, 2.75) is 12.8 Å². The van der Waals surface area contributed by atoms with Gasteiger partial charge in [0.25, 0.3) is 0 Å². The van der Waals surface area contributed by atoms with E-state index < -0.39 is 0 Å². The first-order valence-electron chi connectivity index (χ1n) is 2.32. The SMILES string of the molecule is C=CCCCN=S. The Hall–Kier alpha value is -0.240. The molecule has 0 unspecified atom stereocenters. The van der Waals surface area contributed by atoms with Crippen LogP contribution in [-0.2, 0) is 12.4 Å². The molecule has 0 aliphatic heterocycles. The predicted octanol–water partition coefficient (Wildman–Crippen LogP) is 1.68. The molecule has 1 nitrogen and oxygen atoms in total. The van der Waals surface area contributed by atoms with E-state index >= 15 is 0 Å². The van der Waals surface area contributed by atoms with E-state index in [9.17, 15) is 0 Å². The molecule has 0 aliphatic carbocycles. The van der Waals surface area contributed by atoms with Gasteiger partial charge in [-0.25, -0.2) is 4.36 Å². The van der Waals surface area contributed by atoms with E-state index in [1.54, 1.807) is 0 Å². The Morgan fingerprint density at radius 2 is 2.43 bits per heavy atom. The molecule has 0 atom stereocenters. The molecule has 0 heterocycles. The van der Waals surface area contributed by atoms with Gasteiger partial charge in [0, 0.05) is 12.4 Å². The Kier molecular flexibility index (Phi) is 5.56. The molecule has 0 aliphatic rings. The molecule has 0 rings (SSSR count).